The molecule has 2 saturated carbocycles. The van der Waals surface area contributed by atoms with Gasteiger partial charge in [0.2, 0.25) is 0 Å². The Hall–Kier alpha value is -0.370. The number of hydrogen-bond acceptors (Lipinski definition) is 2. The highest BCUT2D eigenvalue weighted by Gasteiger charge is 2.43. The smallest absolute Gasteiger partial charge is 0.119 e. The predicted octanol–water partition coefficient (Wildman–Crippen LogP) is 4.29. The molecule has 0 aromatic rings. The summed E-state index contributed by atoms with van der Waals surface area (Å²) >= 11 is 6.67. The third-order valence-corrected chi connectivity index (χ3v) is 6.58. The van der Waals surface area contributed by atoms with E-state index >= 15 is 0 Å². The molecule has 1 N–H and O–H groups in total. The highest BCUT2D eigenvalue weighted by molar-refractivity contribution is 6.21. The molecule has 3 heteroatoms. The Kier molecular flexibility index (Phi) is 4.21. The average molecular weight is 298 g/mol. The first kappa shape index (κ1) is 14.6. The maximum absolute atomic E-state index is 6.67. The molecule has 2 fully saturated rings. The Balaban J connectivity index is 1.63. The topological polar surface area (TPSA) is 21.3 Å². The van der Waals surface area contributed by atoms with Crippen molar-refractivity contribution in [2.75, 3.05) is 0 Å². The van der Waals surface area contributed by atoms with Gasteiger partial charge in [-0.15, -0.1) is 11.6 Å². The minimum atomic E-state index is 0.218. The fourth-order valence-corrected chi connectivity index (χ4v) is 4.52. The van der Waals surface area contributed by atoms with E-state index in [2.05, 4.69) is 32.3 Å². The van der Waals surface area contributed by atoms with E-state index in [1.165, 1.54) is 32.1 Å². The van der Waals surface area contributed by atoms with Gasteiger partial charge in [-0.25, -0.2) is 0 Å². The van der Waals surface area contributed by atoms with Gasteiger partial charge in [0.25, 0.3) is 0 Å². The Morgan fingerprint density at radius 3 is 2.55 bits per heavy atom. The lowest BCUT2D eigenvalue weighted by Crippen LogP contribution is -2.41. The van der Waals surface area contributed by atoms with Gasteiger partial charge < -0.3 is 10.1 Å². The summed E-state index contributed by atoms with van der Waals surface area (Å²) < 4.78 is 6.37. The van der Waals surface area contributed by atoms with E-state index in [-0.39, 0.29) is 5.38 Å². The summed E-state index contributed by atoms with van der Waals surface area (Å²) in [5.74, 6) is 3.73. The number of halogens is 1. The molecule has 0 saturated heterocycles. The molecule has 7 atom stereocenters. The summed E-state index contributed by atoms with van der Waals surface area (Å²) in [5.41, 5.74) is 0. The first-order valence-electron chi connectivity index (χ1n) is 8.33. The Labute approximate surface area is 128 Å². The van der Waals surface area contributed by atoms with E-state index < -0.39 is 0 Å². The van der Waals surface area contributed by atoms with Crippen molar-refractivity contribution in [3.05, 3.63) is 12.0 Å². The van der Waals surface area contributed by atoms with Crippen LogP contribution in [0.25, 0.3) is 0 Å². The lowest BCUT2D eigenvalue weighted by molar-refractivity contribution is 0.0282. The second kappa shape index (κ2) is 5.79. The Bertz CT molecular complexity index is 383. The highest BCUT2D eigenvalue weighted by Crippen LogP contribution is 2.42. The van der Waals surface area contributed by atoms with Gasteiger partial charge in [0.1, 0.15) is 5.76 Å². The molecule has 0 aromatic heterocycles. The number of fused-ring (bicyclic) bond motifs is 1. The molecule has 1 heterocycles. The van der Waals surface area contributed by atoms with Crippen LogP contribution in [-0.4, -0.2) is 17.5 Å². The van der Waals surface area contributed by atoms with Gasteiger partial charge in [0, 0.05) is 17.6 Å². The third kappa shape index (κ3) is 2.68. The lowest BCUT2D eigenvalue weighted by atomic mass is 9.78. The fourth-order valence-electron chi connectivity index (χ4n) is 4.09. The van der Waals surface area contributed by atoms with Crippen LogP contribution in [0.4, 0.5) is 0 Å². The van der Waals surface area contributed by atoms with E-state index in [9.17, 15) is 0 Å². The molecule has 0 aromatic carbocycles. The van der Waals surface area contributed by atoms with Gasteiger partial charge >= 0.3 is 0 Å². The molecule has 2 aliphatic carbocycles. The third-order valence-electron chi connectivity index (χ3n) is 5.87. The number of rotatable bonds is 2. The summed E-state index contributed by atoms with van der Waals surface area (Å²) in [6.07, 6.45) is 8.63. The van der Waals surface area contributed by atoms with E-state index in [1.807, 2.05) is 0 Å². The van der Waals surface area contributed by atoms with Crippen LogP contribution in [0.5, 0.6) is 0 Å². The Morgan fingerprint density at radius 2 is 1.80 bits per heavy atom. The van der Waals surface area contributed by atoms with Crippen molar-refractivity contribution in [2.45, 2.75) is 70.4 Å². The summed E-state index contributed by atoms with van der Waals surface area (Å²) in [6, 6.07) is 0.503. The molecule has 7 unspecified atom stereocenters. The van der Waals surface area contributed by atoms with Crippen LogP contribution >= 0.6 is 11.6 Å². The molecule has 3 rings (SSSR count). The quantitative estimate of drug-likeness (QED) is 0.768. The van der Waals surface area contributed by atoms with Crippen LogP contribution in [0, 0.1) is 23.7 Å². The number of nitrogens with one attached hydrogen (secondary N) is 1. The molecule has 2 nitrogen and oxygen atoms in total. The molecule has 0 radical (unpaired) electrons. The zero-order chi connectivity index (χ0) is 14.3. The summed E-state index contributed by atoms with van der Waals surface area (Å²) in [7, 11) is 0. The van der Waals surface area contributed by atoms with E-state index in [4.69, 9.17) is 16.3 Å². The largest absolute Gasteiger partial charge is 0.493 e. The summed E-state index contributed by atoms with van der Waals surface area (Å²) in [4.78, 5) is 0. The van der Waals surface area contributed by atoms with Crippen molar-refractivity contribution >= 4 is 11.6 Å². The molecule has 20 heavy (non-hydrogen) atoms. The van der Waals surface area contributed by atoms with Crippen LogP contribution in [0.3, 0.4) is 0 Å². The van der Waals surface area contributed by atoms with Crippen molar-refractivity contribution in [2.24, 2.45) is 23.7 Å². The average Bonchev–Trinajstić information content (AvgIpc) is 2.82. The molecule has 3 aliphatic rings. The van der Waals surface area contributed by atoms with Crippen molar-refractivity contribution < 1.29 is 4.74 Å². The van der Waals surface area contributed by atoms with Crippen LogP contribution < -0.4 is 5.32 Å². The number of hydrogen-bond donors (Lipinski definition) is 1. The van der Waals surface area contributed by atoms with Gasteiger partial charge in [-0.05, 0) is 49.9 Å². The number of ether oxygens (including phenoxy) is 1. The Morgan fingerprint density at radius 1 is 1.05 bits per heavy atom. The van der Waals surface area contributed by atoms with Crippen LogP contribution in [0.15, 0.2) is 12.0 Å². The molecular formula is C17H28ClNO. The normalized spacial score (nSPS) is 48.2. The van der Waals surface area contributed by atoms with Gasteiger partial charge in [0.05, 0.1) is 12.0 Å². The van der Waals surface area contributed by atoms with Crippen LogP contribution in [0.2, 0.25) is 0 Å². The second-order valence-electron chi connectivity index (χ2n) is 7.35. The van der Waals surface area contributed by atoms with Crippen molar-refractivity contribution in [1.82, 2.24) is 5.32 Å². The summed E-state index contributed by atoms with van der Waals surface area (Å²) in [5, 5.41) is 3.72. The van der Waals surface area contributed by atoms with E-state index in [0.29, 0.717) is 24.0 Å². The zero-order valence-electron chi connectivity index (χ0n) is 12.9. The summed E-state index contributed by atoms with van der Waals surface area (Å²) in [6.45, 7) is 7.00. The van der Waals surface area contributed by atoms with E-state index in [1.54, 1.807) is 0 Å². The number of alkyl halides is 1. The highest BCUT2D eigenvalue weighted by atomic mass is 35.5. The standard InChI is InChI=1S/C17H28ClNO/c1-10-4-6-13(8-12(10)3)20-15-9-19-14-7-5-11(2)17(18)16(14)15/h9-14,16-17,19H,4-8H2,1-3H3. The molecule has 0 spiro atoms. The maximum atomic E-state index is 6.67. The molecule has 0 amide bonds. The van der Waals surface area contributed by atoms with Gasteiger partial charge in [-0.1, -0.05) is 20.8 Å². The molecule has 0 bridgehead atoms. The van der Waals surface area contributed by atoms with Gasteiger partial charge in [0.15, 0.2) is 0 Å². The van der Waals surface area contributed by atoms with Crippen LogP contribution in [0.1, 0.15) is 52.9 Å². The fraction of sp³-hybridized carbons (Fsp3) is 0.882. The first-order valence-corrected chi connectivity index (χ1v) is 8.76. The first-order chi connectivity index (χ1) is 9.56. The minimum absolute atomic E-state index is 0.218. The molecule has 114 valence electrons. The van der Waals surface area contributed by atoms with Crippen molar-refractivity contribution in [1.29, 1.82) is 0 Å². The van der Waals surface area contributed by atoms with Gasteiger partial charge in [-0.3, -0.25) is 0 Å². The SMILES string of the molecule is CC1CCC(OC2=CNC3CCC(C)C(Cl)C23)CC1C. The van der Waals surface area contributed by atoms with Crippen molar-refractivity contribution in [3.63, 3.8) is 0 Å². The molecule has 1 aliphatic heterocycles. The van der Waals surface area contributed by atoms with Gasteiger partial charge in [-0.2, -0.15) is 0 Å². The van der Waals surface area contributed by atoms with Crippen molar-refractivity contribution in [3.8, 4) is 0 Å². The lowest BCUT2D eigenvalue weighted by Gasteiger charge is -2.38. The van der Waals surface area contributed by atoms with E-state index in [0.717, 1.165) is 17.6 Å². The monoisotopic (exact) mass is 297 g/mol. The molecular weight excluding hydrogens is 270 g/mol. The zero-order valence-corrected chi connectivity index (χ0v) is 13.7. The maximum Gasteiger partial charge on any atom is 0.119 e. The van der Waals surface area contributed by atoms with Crippen LogP contribution in [-0.2, 0) is 4.74 Å². The predicted molar refractivity (Wildman–Crippen MR) is 83.6 cm³/mol. The second-order valence-corrected chi connectivity index (χ2v) is 7.86. The minimum Gasteiger partial charge on any atom is -0.493 e.